The molecule has 2 amide bonds. The van der Waals surface area contributed by atoms with Gasteiger partial charge >= 0.3 is 0 Å². The molecule has 8 heteroatoms. The molecule has 1 aliphatic carbocycles. The largest absolute Gasteiger partial charge is 0.352 e. The van der Waals surface area contributed by atoms with Gasteiger partial charge in [0, 0.05) is 12.6 Å². The van der Waals surface area contributed by atoms with Gasteiger partial charge < -0.3 is 10.2 Å². The van der Waals surface area contributed by atoms with Crippen molar-refractivity contribution in [1.29, 1.82) is 0 Å². The highest BCUT2D eigenvalue weighted by Gasteiger charge is 2.31. The van der Waals surface area contributed by atoms with Crippen LogP contribution >= 0.6 is 0 Å². The average molecular weight is 514 g/mol. The summed E-state index contributed by atoms with van der Waals surface area (Å²) in [4.78, 5) is 28.4. The van der Waals surface area contributed by atoms with Gasteiger partial charge in [-0.25, -0.2) is 8.42 Å². The van der Waals surface area contributed by atoms with E-state index in [1.54, 1.807) is 19.1 Å². The van der Waals surface area contributed by atoms with Crippen molar-refractivity contribution in [3.63, 3.8) is 0 Å². The second-order valence-electron chi connectivity index (χ2n) is 9.76. The molecule has 7 nitrogen and oxygen atoms in total. The Morgan fingerprint density at radius 2 is 1.67 bits per heavy atom. The van der Waals surface area contributed by atoms with Gasteiger partial charge in [-0.2, -0.15) is 0 Å². The first-order valence-corrected chi connectivity index (χ1v) is 14.7. The van der Waals surface area contributed by atoms with Gasteiger partial charge in [-0.15, -0.1) is 0 Å². The second-order valence-corrected chi connectivity index (χ2v) is 11.7. The summed E-state index contributed by atoms with van der Waals surface area (Å²) in [6, 6.07) is 14.3. The number of carbonyl (C=O) groups is 2. The smallest absolute Gasteiger partial charge is 0.244 e. The minimum absolute atomic E-state index is 0.119. The Balaban J connectivity index is 1.87. The van der Waals surface area contributed by atoms with Crippen LogP contribution in [-0.2, 0) is 32.6 Å². The zero-order valence-electron chi connectivity index (χ0n) is 21.9. The number of anilines is 1. The quantitative estimate of drug-likeness (QED) is 0.516. The molecule has 2 aromatic carbocycles. The number of sulfonamides is 1. The zero-order chi connectivity index (χ0) is 26.3. The third-order valence-electron chi connectivity index (χ3n) is 7.03. The van der Waals surface area contributed by atoms with E-state index < -0.39 is 22.0 Å². The molecule has 0 saturated heterocycles. The normalized spacial score (nSPS) is 15.2. The van der Waals surface area contributed by atoms with Gasteiger partial charge in [0.2, 0.25) is 21.8 Å². The van der Waals surface area contributed by atoms with Gasteiger partial charge in [0.15, 0.2) is 0 Å². The molecule has 3 rings (SSSR count). The highest BCUT2D eigenvalue weighted by Crippen LogP contribution is 2.22. The number of amides is 2. The standard InChI is InChI=1S/C28H39N3O4S/c1-5-23-15-17-26(18-16-23)31(36(4,34)35)20-27(32)30(19-24-12-10-9-11-21(24)2)22(3)28(33)29-25-13-7-6-8-14-25/h9-12,15-18,22,25H,5-8,13-14,19-20H2,1-4H3,(H,29,33)/t22-/m1/s1. The number of nitrogens with one attached hydrogen (secondary N) is 1. The molecule has 36 heavy (non-hydrogen) atoms. The molecule has 196 valence electrons. The van der Waals surface area contributed by atoms with Gasteiger partial charge in [0.05, 0.1) is 11.9 Å². The molecule has 0 heterocycles. The molecule has 1 N–H and O–H groups in total. The molecular formula is C28H39N3O4S. The Labute approximate surface area is 215 Å². The van der Waals surface area contributed by atoms with E-state index in [1.807, 2.05) is 50.2 Å². The first-order valence-electron chi connectivity index (χ1n) is 12.8. The molecule has 0 bridgehead atoms. The lowest BCUT2D eigenvalue weighted by atomic mass is 9.95. The zero-order valence-corrected chi connectivity index (χ0v) is 22.7. The number of nitrogens with zero attached hydrogens (tertiary/aromatic N) is 2. The molecule has 1 atom stereocenters. The van der Waals surface area contributed by atoms with E-state index in [-0.39, 0.29) is 25.0 Å². The summed E-state index contributed by atoms with van der Waals surface area (Å²) in [5, 5.41) is 3.12. The summed E-state index contributed by atoms with van der Waals surface area (Å²) in [5.41, 5.74) is 3.43. The van der Waals surface area contributed by atoms with Gasteiger partial charge in [-0.3, -0.25) is 13.9 Å². The van der Waals surface area contributed by atoms with E-state index in [0.717, 1.165) is 59.4 Å². The van der Waals surface area contributed by atoms with Crippen molar-refractivity contribution < 1.29 is 18.0 Å². The summed E-state index contributed by atoms with van der Waals surface area (Å²) < 4.78 is 26.5. The monoisotopic (exact) mass is 513 g/mol. The predicted octanol–water partition coefficient (Wildman–Crippen LogP) is 4.19. The van der Waals surface area contributed by atoms with Crippen LogP contribution in [0.5, 0.6) is 0 Å². The summed E-state index contributed by atoms with van der Waals surface area (Å²) in [5.74, 6) is -0.628. The Hall–Kier alpha value is -2.87. The van der Waals surface area contributed by atoms with E-state index >= 15 is 0 Å². The van der Waals surface area contributed by atoms with Crippen molar-refractivity contribution >= 4 is 27.5 Å². The Morgan fingerprint density at radius 3 is 2.25 bits per heavy atom. The predicted molar refractivity (Wildman–Crippen MR) is 144 cm³/mol. The fourth-order valence-electron chi connectivity index (χ4n) is 4.63. The summed E-state index contributed by atoms with van der Waals surface area (Å²) in [6.45, 7) is 5.54. The van der Waals surface area contributed by atoms with E-state index in [4.69, 9.17) is 0 Å². The minimum atomic E-state index is -3.73. The number of benzene rings is 2. The van der Waals surface area contributed by atoms with E-state index in [1.165, 1.54) is 11.3 Å². The Bertz CT molecular complexity index is 1140. The van der Waals surface area contributed by atoms with Crippen molar-refractivity contribution in [2.75, 3.05) is 17.1 Å². The van der Waals surface area contributed by atoms with Crippen molar-refractivity contribution in [3.05, 3.63) is 65.2 Å². The molecule has 1 aliphatic rings. The first-order chi connectivity index (χ1) is 17.1. The molecule has 1 saturated carbocycles. The number of carbonyl (C=O) groups excluding carboxylic acids is 2. The maximum Gasteiger partial charge on any atom is 0.244 e. The number of hydrogen-bond acceptors (Lipinski definition) is 4. The lowest BCUT2D eigenvalue weighted by molar-refractivity contribution is -0.139. The molecular weight excluding hydrogens is 474 g/mol. The lowest BCUT2D eigenvalue weighted by Gasteiger charge is -2.33. The van der Waals surface area contributed by atoms with Gasteiger partial charge in [-0.05, 0) is 61.9 Å². The van der Waals surface area contributed by atoms with Crippen LogP contribution < -0.4 is 9.62 Å². The van der Waals surface area contributed by atoms with E-state index in [0.29, 0.717) is 5.69 Å². The van der Waals surface area contributed by atoms with Crippen LogP contribution in [0.15, 0.2) is 48.5 Å². The molecule has 0 radical (unpaired) electrons. The van der Waals surface area contributed by atoms with Crippen molar-refractivity contribution in [2.24, 2.45) is 0 Å². The number of hydrogen-bond donors (Lipinski definition) is 1. The van der Waals surface area contributed by atoms with E-state index in [2.05, 4.69) is 5.32 Å². The molecule has 0 aromatic heterocycles. The molecule has 1 fully saturated rings. The maximum atomic E-state index is 13.7. The van der Waals surface area contributed by atoms with E-state index in [9.17, 15) is 18.0 Å². The topological polar surface area (TPSA) is 86.8 Å². The Kier molecular flexibility index (Phi) is 9.54. The highest BCUT2D eigenvalue weighted by atomic mass is 32.2. The second kappa shape index (κ2) is 12.4. The number of rotatable bonds is 10. The van der Waals surface area contributed by atoms with Crippen molar-refractivity contribution in [3.8, 4) is 0 Å². The van der Waals surface area contributed by atoms with Crippen molar-refractivity contribution in [2.45, 2.75) is 77.9 Å². The fraction of sp³-hybridized carbons (Fsp3) is 0.500. The van der Waals surface area contributed by atoms with Crippen LogP contribution in [0.25, 0.3) is 0 Å². The summed E-state index contributed by atoms with van der Waals surface area (Å²) >= 11 is 0. The average Bonchev–Trinajstić information content (AvgIpc) is 2.86. The molecule has 0 unspecified atom stereocenters. The SMILES string of the molecule is CCc1ccc(N(CC(=O)N(Cc2ccccc2C)[C@H](C)C(=O)NC2CCCCC2)S(C)(=O)=O)cc1. The summed E-state index contributed by atoms with van der Waals surface area (Å²) in [6.07, 6.45) is 7.17. The fourth-order valence-corrected chi connectivity index (χ4v) is 5.48. The number of aryl methyl sites for hydroxylation is 2. The minimum Gasteiger partial charge on any atom is -0.352 e. The van der Waals surface area contributed by atoms with Crippen LogP contribution in [-0.4, -0.2) is 50.0 Å². The van der Waals surface area contributed by atoms with Crippen molar-refractivity contribution in [1.82, 2.24) is 10.2 Å². The molecule has 0 aliphatic heterocycles. The van der Waals surface area contributed by atoms with Crippen LogP contribution in [0.4, 0.5) is 5.69 Å². The molecule has 0 spiro atoms. The molecule has 2 aromatic rings. The maximum absolute atomic E-state index is 13.7. The van der Waals surface area contributed by atoms with Gasteiger partial charge in [0.1, 0.15) is 12.6 Å². The third kappa shape index (κ3) is 7.32. The first kappa shape index (κ1) is 27.7. The van der Waals surface area contributed by atoms with Gasteiger partial charge in [0.25, 0.3) is 0 Å². The van der Waals surface area contributed by atoms with Crippen LogP contribution in [0.3, 0.4) is 0 Å². The van der Waals surface area contributed by atoms with Crippen LogP contribution in [0, 0.1) is 6.92 Å². The van der Waals surface area contributed by atoms with Crippen LogP contribution in [0.2, 0.25) is 0 Å². The highest BCUT2D eigenvalue weighted by molar-refractivity contribution is 7.92. The Morgan fingerprint density at radius 1 is 1.03 bits per heavy atom. The third-order valence-corrected chi connectivity index (χ3v) is 8.17. The van der Waals surface area contributed by atoms with Gasteiger partial charge in [-0.1, -0.05) is 62.6 Å². The van der Waals surface area contributed by atoms with Crippen LogP contribution in [0.1, 0.15) is 62.6 Å². The summed E-state index contributed by atoms with van der Waals surface area (Å²) in [7, 11) is -3.73. The lowest BCUT2D eigenvalue weighted by Crippen LogP contribution is -2.53.